The standard InChI is InChI=1S/C16H14ClNO4/c1-21-10-4-6-14(22-2)12(8-10)16(20)11-7-9(17)3-5-13(11)18-15(16)19/h3-8,20H,1-2H3,(H,18,19). The molecule has 22 heavy (non-hydrogen) atoms. The van der Waals surface area contributed by atoms with Crippen LogP contribution < -0.4 is 14.8 Å². The first-order valence-electron chi connectivity index (χ1n) is 6.57. The third kappa shape index (κ3) is 2.01. The summed E-state index contributed by atoms with van der Waals surface area (Å²) in [6.07, 6.45) is 0. The van der Waals surface area contributed by atoms with E-state index < -0.39 is 11.5 Å². The highest BCUT2D eigenvalue weighted by Crippen LogP contribution is 2.45. The average Bonchev–Trinajstić information content (AvgIpc) is 2.79. The molecule has 6 heteroatoms. The summed E-state index contributed by atoms with van der Waals surface area (Å²) in [6, 6.07) is 9.77. The van der Waals surface area contributed by atoms with Gasteiger partial charge in [0.05, 0.1) is 14.2 Å². The second-order valence-corrected chi connectivity index (χ2v) is 5.36. The van der Waals surface area contributed by atoms with E-state index in [0.717, 1.165) is 0 Å². The number of amides is 1. The van der Waals surface area contributed by atoms with Gasteiger partial charge in [0.1, 0.15) is 11.5 Å². The van der Waals surface area contributed by atoms with Gasteiger partial charge < -0.3 is 19.9 Å². The highest BCUT2D eigenvalue weighted by Gasteiger charge is 2.48. The molecule has 0 bridgehead atoms. The molecule has 0 aliphatic carbocycles. The van der Waals surface area contributed by atoms with E-state index in [1.165, 1.54) is 14.2 Å². The molecule has 1 unspecified atom stereocenters. The summed E-state index contributed by atoms with van der Waals surface area (Å²) in [4.78, 5) is 12.4. The molecule has 1 aliphatic rings. The van der Waals surface area contributed by atoms with Crippen LogP contribution in [0.4, 0.5) is 5.69 Å². The van der Waals surface area contributed by atoms with E-state index in [4.69, 9.17) is 21.1 Å². The highest BCUT2D eigenvalue weighted by atomic mass is 35.5. The smallest absolute Gasteiger partial charge is 0.266 e. The number of carbonyl (C=O) groups is 1. The zero-order chi connectivity index (χ0) is 15.9. The fourth-order valence-corrected chi connectivity index (χ4v) is 2.80. The van der Waals surface area contributed by atoms with Gasteiger partial charge in [-0.1, -0.05) is 11.6 Å². The van der Waals surface area contributed by atoms with E-state index in [1.807, 2.05) is 0 Å². The van der Waals surface area contributed by atoms with Crippen molar-refractivity contribution in [3.05, 3.63) is 52.5 Å². The Labute approximate surface area is 132 Å². The van der Waals surface area contributed by atoms with Crippen molar-refractivity contribution in [2.45, 2.75) is 5.60 Å². The topological polar surface area (TPSA) is 67.8 Å². The number of halogens is 1. The molecule has 114 valence electrons. The van der Waals surface area contributed by atoms with Crippen LogP contribution in [0.5, 0.6) is 11.5 Å². The number of aliphatic hydroxyl groups is 1. The van der Waals surface area contributed by atoms with Gasteiger partial charge >= 0.3 is 0 Å². The molecule has 0 saturated heterocycles. The second-order valence-electron chi connectivity index (χ2n) is 4.92. The van der Waals surface area contributed by atoms with Crippen LogP contribution in [0.1, 0.15) is 11.1 Å². The first-order chi connectivity index (χ1) is 10.5. The van der Waals surface area contributed by atoms with Crippen LogP contribution in [0.3, 0.4) is 0 Å². The molecule has 0 aromatic heterocycles. The van der Waals surface area contributed by atoms with E-state index in [9.17, 15) is 9.90 Å². The zero-order valence-corrected chi connectivity index (χ0v) is 12.8. The Morgan fingerprint density at radius 2 is 1.86 bits per heavy atom. The van der Waals surface area contributed by atoms with Crippen LogP contribution in [-0.4, -0.2) is 25.2 Å². The maximum absolute atomic E-state index is 12.4. The Bertz CT molecular complexity index is 762. The largest absolute Gasteiger partial charge is 0.497 e. The minimum Gasteiger partial charge on any atom is -0.497 e. The van der Waals surface area contributed by atoms with Gasteiger partial charge in [0, 0.05) is 21.8 Å². The van der Waals surface area contributed by atoms with Crippen molar-refractivity contribution in [2.75, 3.05) is 19.5 Å². The maximum atomic E-state index is 12.4. The summed E-state index contributed by atoms with van der Waals surface area (Å²) in [5.41, 5.74) is -0.689. The van der Waals surface area contributed by atoms with Crippen LogP contribution in [0.15, 0.2) is 36.4 Å². The Balaban J connectivity index is 2.27. The van der Waals surface area contributed by atoms with Gasteiger partial charge in [-0.2, -0.15) is 0 Å². The van der Waals surface area contributed by atoms with Crippen LogP contribution >= 0.6 is 11.6 Å². The number of fused-ring (bicyclic) bond motifs is 1. The fraction of sp³-hybridized carbons (Fsp3) is 0.188. The number of benzene rings is 2. The van der Waals surface area contributed by atoms with Crippen molar-refractivity contribution in [3.63, 3.8) is 0 Å². The van der Waals surface area contributed by atoms with Crippen LogP contribution in [0.25, 0.3) is 0 Å². The van der Waals surface area contributed by atoms with Crippen molar-refractivity contribution in [1.29, 1.82) is 0 Å². The predicted octanol–water partition coefficient (Wildman–Crippen LogP) is 2.55. The number of rotatable bonds is 3. The van der Waals surface area contributed by atoms with E-state index >= 15 is 0 Å². The van der Waals surface area contributed by atoms with Gasteiger partial charge in [0.2, 0.25) is 0 Å². The van der Waals surface area contributed by atoms with Crippen LogP contribution in [0, 0.1) is 0 Å². The molecule has 0 fully saturated rings. The fourth-order valence-electron chi connectivity index (χ4n) is 2.62. The number of hydrogen-bond acceptors (Lipinski definition) is 4. The van der Waals surface area contributed by atoms with Crippen molar-refractivity contribution in [3.8, 4) is 11.5 Å². The van der Waals surface area contributed by atoms with E-state index in [1.54, 1.807) is 36.4 Å². The zero-order valence-electron chi connectivity index (χ0n) is 12.0. The highest BCUT2D eigenvalue weighted by molar-refractivity contribution is 6.31. The predicted molar refractivity (Wildman–Crippen MR) is 82.6 cm³/mol. The first kappa shape index (κ1) is 14.7. The number of carbonyl (C=O) groups excluding carboxylic acids is 1. The van der Waals surface area contributed by atoms with Crippen LogP contribution in [0.2, 0.25) is 5.02 Å². The summed E-state index contributed by atoms with van der Waals surface area (Å²) in [7, 11) is 2.98. The van der Waals surface area contributed by atoms with E-state index in [0.29, 0.717) is 33.3 Å². The van der Waals surface area contributed by atoms with E-state index in [2.05, 4.69) is 5.32 Å². The summed E-state index contributed by atoms with van der Waals surface area (Å²) in [6.45, 7) is 0. The molecule has 2 N–H and O–H groups in total. The summed E-state index contributed by atoms with van der Waals surface area (Å²) < 4.78 is 10.5. The normalized spacial score (nSPS) is 19.5. The molecule has 2 aromatic rings. The van der Waals surface area contributed by atoms with Crippen molar-refractivity contribution in [2.24, 2.45) is 0 Å². The lowest BCUT2D eigenvalue weighted by Crippen LogP contribution is -2.35. The molecule has 0 saturated carbocycles. The molecular formula is C16H14ClNO4. The van der Waals surface area contributed by atoms with Crippen molar-refractivity contribution < 1.29 is 19.4 Å². The molecular weight excluding hydrogens is 306 g/mol. The Hall–Kier alpha value is -2.24. The monoisotopic (exact) mass is 319 g/mol. The molecule has 1 atom stereocenters. The van der Waals surface area contributed by atoms with Crippen molar-refractivity contribution >= 4 is 23.2 Å². The lowest BCUT2D eigenvalue weighted by atomic mass is 9.86. The number of anilines is 1. The molecule has 1 aliphatic heterocycles. The van der Waals surface area contributed by atoms with Gasteiger partial charge in [-0.15, -0.1) is 0 Å². The quantitative estimate of drug-likeness (QED) is 0.912. The lowest BCUT2D eigenvalue weighted by Gasteiger charge is -2.24. The number of hydrogen-bond donors (Lipinski definition) is 2. The van der Waals surface area contributed by atoms with Gasteiger partial charge in [-0.25, -0.2) is 0 Å². The second kappa shape index (κ2) is 5.19. The average molecular weight is 320 g/mol. The van der Waals surface area contributed by atoms with Gasteiger partial charge in [-0.3, -0.25) is 4.79 Å². The van der Waals surface area contributed by atoms with Gasteiger partial charge in [0.15, 0.2) is 5.60 Å². The molecule has 3 rings (SSSR count). The van der Waals surface area contributed by atoms with E-state index in [-0.39, 0.29) is 0 Å². The summed E-state index contributed by atoms with van der Waals surface area (Å²) in [5.74, 6) is 0.329. The molecule has 1 heterocycles. The third-order valence-electron chi connectivity index (χ3n) is 3.74. The van der Waals surface area contributed by atoms with Gasteiger partial charge in [0.25, 0.3) is 5.91 Å². The maximum Gasteiger partial charge on any atom is 0.266 e. The molecule has 0 radical (unpaired) electrons. The first-order valence-corrected chi connectivity index (χ1v) is 6.95. The summed E-state index contributed by atoms with van der Waals surface area (Å²) in [5, 5.41) is 14.2. The minimum atomic E-state index is -1.89. The molecule has 1 amide bonds. The molecule has 0 spiro atoms. The Morgan fingerprint density at radius 3 is 2.55 bits per heavy atom. The molecule has 5 nitrogen and oxygen atoms in total. The van der Waals surface area contributed by atoms with Gasteiger partial charge in [-0.05, 0) is 36.4 Å². The third-order valence-corrected chi connectivity index (χ3v) is 3.98. The number of nitrogens with one attached hydrogen (secondary N) is 1. The number of ether oxygens (including phenoxy) is 2. The Kier molecular flexibility index (Phi) is 3.47. The number of methoxy groups -OCH3 is 2. The summed E-state index contributed by atoms with van der Waals surface area (Å²) >= 11 is 6.01. The lowest BCUT2D eigenvalue weighted by molar-refractivity contribution is -0.129. The Morgan fingerprint density at radius 1 is 1.09 bits per heavy atom. The van der Waals surface area contributed by atoms with Crippen LogP contribution in [-0.2, 0) is 10.4 Å². The molecule has 2 aromatic carbocycles. The minimum absolute atomic E-state index is 0.299. The van der Waals surface area contributed by atoms with Crippen molar-refractivity contribution in [1.82, 2.24) is 0 Å². The SMILES string of the molecule is COc1ccc(OC)c(C2(O)C(=O)Nc3ccc(Cl)cc32)c1.